The van der Waals surface area contributed by atoms with Gasteiger partial charge in [0.2, 0.25) is 11.8 Å². The maximum atomic E-state index is 13.2. The first kappa shape index (κ1) is 30.1. The number of carbonyl (C=O) groups is 5. The van der Waals surface area contributed by atoms with Crippen LogP contribution < -0.4 is 16.0 Å². The van der Waals surface area contributed by atoms with Crippen LogP contribution in [0.5, 0.6) is 0 Å². The second kappa shape index (κ2) is 11.5. The Morgan fingerprint density at radius 2 is 1.73 bits per heavy atom. The largest absolute Gasteiger partial charge is 0.464 e. The van der Waals surface area contributed by atoms with E-state index in [9.17, 15) is 29.1 Å². The maximum absolute atomic E-state index is 13.2. The summed E-state index contributed by atoms with van der Waals surface area (Å²) in [6.07, 6.45) is -1.02. The fraction of sp³-hybridized carbons (Fsp3) is 0.720. The molecule has 0 aliphatic heterocycles. The van der Waals surface area contributed by atoms with E-state index in [4.69, 9.17) is 14.2 Å². The van der Waals surface area contributed by atoms with E-state index in [1.54, 1.807) is 41.5 Å². The SMILES string of the molecule is C=COC(=O)[C@H]1[C@H]2[C@@H]1[C@](NC(=O)[C@H](C)NC(=O)[C@@H](NC(=O)OC(C)(C)C)C(C)C)(C(=O)OCC)C[C@@H]2O. The molecule has 4 N–H and O–H groups in total. The Morgan fingerprint density at radius 3 is 2.24 bits per heavy atom. The predicted octanol–water partition coefficient (Wildman–Crippen LogP) is 0.772. The highest BCUT2D eigenvalue weighted by Gasteiger charge is 2.76. The van der Waals surface area contributed by atoms with Crippen LogP contribution in [-0.2, 0) is 33.4 Å². The van der Waals surface area contributed by atoms with Crippen molar-refractivity contribution in [3.63, 3.8) is 0 Å². The lowest BCUT2D eigenvalue weighted by Gasteiger charge is -2.33. The summed E-state index contributed by atoms with van der Waals surface area (Å²) < 4.78 is 15.3. The fourth-order valence-electron chi connectivity index (χ4n) is 4.85. The lowest BCUT2D eigenvalue weighted by Crippen LogP contribution is -2.62. The summed E-state index contributed by atoms with van der Waals surface area (Å²) in [6.45, 7) is 14.9. The number of fused-ring (bicyclic) bond motifs is 1. The number of esters is 2. The number of nitrogens with one attached hydrogen (secondary N) is 3. The van der Waals surface area contributed by atoms with Crippen molar-refractivity contribution >= 4 is 29.8 Å². The van der Waals surface area contributed by atoms with E-state index in [1.165, 1.54) is 6.92 Å². The van der Waals surface area contributed by atoms with Crippen LogP contribution in [0.1, 0.15) is 54.9 Å². The lowest BCUT2D eigenvalue weighted by molar-refractivity contribution is -0.156. The standard InChI is InChI=1S/C25H39N3O9/c1-9-35-21(32)16-15-14(29)11-25(17(15)16,22(33)36-10-2)28-19(30)13(5)26-20(31)18(12(3)4)27-23(34)37-24(6,7)8/h9,12-18,29H,1,10-11H2,2-8H3,(H,26,31)(H,27,34)(H,28,30)/t13-,14-,15-,16-,17-,18-,25-/m0/s1. The predicted molar refractivity (Wildman–Crippen MR) is 130 cm³/mol. The second-order valence-electron chi connectivity index (χ2n) is 10.8. The van der Waals surface area contributed by atoms with E-state index >= 15 is 0 Å². The van der Waals surface area contributed by atoms with Crippen LogP contribution in [0.25, 0.3) is 0 Å². The van der Waals surface area contributed by atoms with Gasteiger partial charge in [0.25, 0.3) is 0 Å². The summed E-state index contributed by atoms with van der Waals surface area (Å²) in [5.41, 5.74) is -2.44. The van der Waals surface area contributed by atoms with Crippen molar-refractivity contribution in [1.82, 2.24) is 16.0 Å². The van der Waals surface area contributed by atoms with Gasteiger partial charge in [0.05, 0.1) is 24.9 Å². The van der Waals surface area contributed by atoms with Crippen molar-refractivity contribution in [3.8, 4) is 0 Å². The third-order valence-electron chi connectivity index (χ3n) is 6.45. The van der Waals surface area contributed by atoms with Crippen molar-refractivity contribution in [2.24, 2.45) is 23.7 Å². The Bertz CT molecular complexity index is 929. The molecule has 0 saturated heterocycles. The molecule has 0 unspecified atom stereocenters. The normalized spacial score (nSPS) is 27.7. The molecule has 7 atom stereocenters. The average Bonchev–Trinajstić information content (AvgIpc) is 3.45. The van der Waals surface area contributed by atoms with E-state index in [1.807, 2.05) is 0 Å². The molecule has 0 aromatic carbocycles. The van der Waals surface area contributed by atoms with E-state index in [0.29, 0.717) is 0 Å². The quantitative estimate of drug-likeness (QED) is 0.183. The zero-order valence-electron chi connectivity index (χ0n) is 22.5. The topological polar surface area (TPSA) is 169 Å². The maximum Gasteiger partial charge on any atom is 0.408 e. The van der Waals surface area contributed by atoms with Gasteiger partial charge in [0.1, 0.15) is 23.2 Å². The second-order valence-corrected chi connectivity index (χ2v) is 10.8. The monoisotopic (exact) mass is 525 g/mol. The van der Waals surface area contributed by atoms with Crippen molar-refractivity contribution in [2.75, 3.05) is 6.61 Å². The Labute approximate surface area is 216 Å². The van der Waals surface area contributed by atoms with Crippen LogP contribution in [0.3, 0.4) is 0 Å². The minimum atomic E-state index is -1.67. The van der Waals surface area contributed by atoms with Gasteiger partial charge in [-0.1, -0.05) is 20.4 Å². The third-order valence-corrected chi connectivity index (χ3v) is 6.45. The first-order valence-corrected chi connectivity index (χ1v) is 12.4. The van der Waals surface area contributed by atoms with Gasteiger partial charge in [-0.3, -0.25) is 14.4 Å². The van der Waals surface area contributed by atoms with E-state index < -0.39 is 76.9 Å². The molecule has 2 rings (SSSR count). The molecule has 3 amide bonds. The highest BCUT2D eigenvalue weighted by Crippen LogP contribution is 2.63. The van der Waals surface area contributed by atoms with Gasteiger partial charge in [0, 0.05) is 18.3 Å². The molecular formula is C25H39N3O9. The number of alkyl carbamates (subject to hydrolysis) is 1. The summed E-state index contributed by atoms with van der Waals surface area (Å²) in [7, 11) is 0. The molecule has 0 radical (unpaired) electrons. The summed E-state index contributed by atoms with van der Waals surface area (Å²) in [4.78, 5) is 63.7. The Kier molecular flexibility index (Phi) is 9.34. The van der Waals surface area contributed by atoms with Crippen molar-refractivity contribution in [3.05, 3.63) is 12.8 Å². The number of rotatable bonds is 10. The molecule has 208 valence electrons. The fourth-order valence-corrected chi connectivity index (χ4v) is 4.85. The molecule has 0 spiro atoms. The molecule has 0 aromatic rings. The first-order valence-electron chi connectivity index (χ1n) is 12.4. The van der Waals surface area contributed by atoms with Gasteiger partial charge in [0.15, 0.2) is 0 Å². The van der Waals surface area contributed by atoms with E-state index in [0.717, 1.165) is 6.26 Å². The number of amides is 3. The van der Waals surface area contributed by atoms with Gasteiger partial charge in [-0.05, 0) is 40.5 Å². The third kappa shape index (κ3) is 6.79. The Morgan fingerprint density at radius 1 is 1.11 bits per heavy atom. The van der Waals surface area contributed by atoms with Crippen LogP contribution >= 0.6 is 0 Å². The summed E-state index contributed by atoms with van der Waals surface area (Å²) in [5.74, 6) is -5.28. The van der Waals surface area contributed by atoms with Crippen LogP contribution in [0.2, 0.25) is 0 Å². The highest BCUT2D eigenvalue weighted by atomic mass is 16.6. The number of ether oxygens (including phenoxy) is 3. The number of hydrogen-bond acceptors (Lipinski definition) is 9. The zero-order chi connectivity index (χ0) is 28.3. The van der Waals surface area contributed by atoms with Gasteiger partial charge in [-0.15, -0.1) is 0 Å². The van der Waals surface area contributed by atoms with Crippen molar-refractivity contribution in [1.29, 1.82) is 0 Å². The smallest absolute Gasteiger partial charge is 0.408 e. The van der Waals surface area contributed by atoms with Crippen LogP contribution in [-0.4, -0.2) is 70.9 Å². The number of aliphatic hydroxyl groups is 1. The number of aliphatic hydroxyl groups excluding tert-OH is 1. The van der Waals surface area contributed by atoms with Crippen LogP contribution in [0, 0.1) is 23.7 Å². The van der Waals surface area contributed by atoms with Crippen molar-refractivity contribution < 1.29 is 43.3 Å². The molecule has 2 fully saturated rings. The number of carbonyl (C=O) groups excluding carboxylic acids is 5. The lowest BCUT2D eigenvalue weighted by atomic mass is 9.89. The van der Waals surface area contributed by atoms with Gasteiger partial charge in [-0.2, -0.15) is 0 Å². The van der Waals surface area contributed by atoms with E-state index in [2.05, 4.69) is 22.5 Å². The first-order chi connectivity index (χ1) is 17.1. The summed E-state index contributed by atoms with van der Waals surface area (Å²) >= 11 is 0. The number of hydrogen-bond donors (Lipinski definition) is 4. The summed E-state index contributed by atoms with van der Waals surface area (Å²) in [5, 5.41) is 18.3. The zero-order valence-corrected chi connectivity index (χ0v) is 22.5. The Hall–Kier alpha value is -3.15. The molecule has 0 aromatic heterocycles. The molecule has 0 heterocycles. The minimum absolute atomic E-state index is 0.0183. The molecule has 0 bridgehead atoms. The minimum Gasteiger partial charge on any atom is -0.464 e. The average molecular weight is 526 g/mol. The molecule has 12 nitrogen and oxygen atoms in total. The van der Waals surface area contributed by atoms with Crippen LogP contribution in [0.15, 0.2) is 12.8 Å². The molecule has 2 aliphatic carbocycles. The van der Waals surface area contributed by atoms with Gasteiger partial charge in [-0.25, -0.2) is 9.59 Å². The summed E-state index contributed by atoms with van der Waals surface area (Å²) in [6, 6.07) is -2.13. The molecule has 37 heavy (non-hydrogen) atoms. The van der Waals surface area contributed by atoms with Crippen molar-refractivity contribution in [2.45, 2.75) is 84.2 Å². The van der Waals surface area contributed by atoms with Gasteiger partial charge < -0.3 is 35.3 Å². The van der Waals surface area contributed by atoms with Crippen LogP contribution in [0.4, 0.5) is 4.79 Å². The molecular weight excluding hydrogens is 486 g/mol. The Balaban J connectivity index is 2.17. The molecule has 2 saturated carbocycles. The molecule has 2 aliphatic rings. The van der Waals surface area contributed by atoms with Gasteiger partial charge >= 0.3 is 18.0 Å². The van der Waals surface area contributed by atoms with E-state index in [-0.39, 0.29) is 18.9 Å². The molecule has 12 heteroatoms. The highest BCUT2D eigenvalue weighted by molar-refractivity contribution is 5.96.